The predicted octanol–water partition coefficient (Wildman–Crippen LogP) is 5.49. The van der Waals surface area contributed by atoms with Crippen LogP contribution in [0, 0.1) is 33.6 Å². The summed E-state index contributed by atoms with van der Waals surface area (Å²) in [5, 5.41) is 8.01. The van der Waals surface area contributed by atoms with Crippen LogP contribution >= 0.6 is 0 Å². The highest BCUT2D eigenvalue weighted by Crippen LogP contribution is 2.28. The van der Waals surface area contributed by atoms with Crippen molar-refractivity contribution >= 4 is 23.1 Å². The summed E-state index contributed by atoms with van der Waals surface area (Å²) in [6, 6.07) is 18.6. The largest absolute Gasteiger partial charge is 0.356 e. The lowest BCUT2D eigenvalue weighted by Gasteiger charge is -2.33. The number of piperidine rings is 1. The zero-order valence-corrected chi connectivity index (χ0v) is 20.3. The first-order valence-electron chi connectivity index (χ1n) is 11.9. The summed E-state index contributed by atoms with van der Waals surface area (Å²) in [6.45, 7) is 9.91. The van der Waals surface area contributed by atoms with Crippen LogP contribution in [0.1, 0.15) is 35.2 Å². The topological polar surface area (TPSA) is 62.5 Å². The SMILES string of the molecule is Cc1ccc(NC(=O)C2CCN(c3cc(C)nc4cc(-c5cc(C)cc(C)c5)nn34)CC2)cc1. The van der Waals surface area contributed by atoms with E-state index >= 15 is 0 Å². The Hall–Kier alpha value is -3.67. The van der Waals surface area contributed by atoms with Gasteiger partial charge in [0, 0.05) is 48.1 Å². The van der Waals surface area contributed by atoms with Gasteiger partial charge in [-0.3, -0.25) is 4.79 Å². The molecule has 1 aliphatic rings. The molecule has 1 aliphatic heterocycles. The number of rotatable bonds is 4. The first-order chi connectivity index (χ1) is 16.4. The fraction of sp³-hybridized carbons (Fsp3) is 0.321. The van der Waals surface area contributed by atoms with E-state index in [0.29, 0.717) is 0 Å². The van der Waals surface area contributed by atoms with Gasteiger partial charge in [-0.15, -0.1) is 0 Å². The molecule has 34 heavy (non-hydrogen) atoms. The molecule has 0 saturated carbocycles. The number of nitrogens with zero attached hydrogens (tertiary/aromatic N) is 4. The maximum atomic E-state index is 12.8. The molecule has 3 heterocycles. The van der Waals surface area contributed by atoms with Crippen molar-refractivity contribution in [2.24, 2.45) is 5.92 Å². The first-order valence-corrected chi connectivity index (χ1v) is 11.9. The van der Waals surface area contributed by atoms with E-state index < -0.39 is 0 Å². The number of aryl methyl sites for hydroxylation is 4. The highest BCUT2D eigenvalue weighted by molar-refractivity contribution is 5.92. The molecular formula is C28H31N5O. The summed E-state index contributed by atoms with van der Waals surface area (Å²) in [4.78, 5) is 19.9. The Morgan fingerprint density at radius 2 is 1.56 bits per heavy atom. The maximum Gasteiger partial charge on any atom is 0.227 e. The van der Waals surface area contributed by atoms with Gasteiger partial charge in [-0.2, -0.15) is 9.61 Å². The molecule has 174 valence electrons. The molecule has 0 bridgehead atoms. The number of amides is 1. The zero-order chi connectivity index (χ0) is 23.8. The number of fused-ring (bicyclic) bond motifs is 1. The molecule has 0 radical (unpaired) electrons. The average molecular weight is 454 g/mol. The van der Waals surface area contributed by atoms with Gasteiger partial charge in [-0.25, -0.2) is 4.98 Å². The lowest BCUT2D eigenvalue weighted by atomic mass is 9.95. The highest BCUT2D eigenvalue weighted by Gasteiger charge is 2.27. The Morgan fingerprint density at radius 1 is 0.882 bits per heavy atom. The van der Waals surface area contributed by atoms with Gasteiger partial charge in [0.2, 0.25) is 5.91 Å². The monoisotopic (exact) mass is 453 g/mol. The fourth-order valence-electron chi connectivity index (χ4n) is 4.82. The second-order valence-electron chi connectivity index (χ2n) is 9.55. The molecule has 6 heteroatoms. The molecule has 1 saturated heterocycles. The van der Waals surface area contributed by atoms with Crippen molar-refractivity contribution in [2.45, 2.75) is 40.5 Å². The molecule has 1 N–H and O–H groups in total. The van der Waals surface area contributed by atoms with E-state index in [1.54, 1.807) is 0 Å². The summed E-state index contributed by atoms with van der Waals surface area (Å²) in [5.74, 6) is 1.16. The molecule has 0 unspecified atom stereocenters. The van der Waals surface area contributed by atoms with Crippen molar-refractivity contribution in [2.75, 3.05) is 23.3 Å². The molecule has 2 aromatic carbocycles. The molecule has 0 spiro atoms. The van der Waals surface area contributed by atoms with Crippen LogP contribution in [0.5, 0.6) is 0 Å². The third kappa shape index (κ3) is 4.53. The molecule has 4 aromatic rings. The molecule has 0 atom stereocenters. The lowest BCUT2D eigenvalue weighted by molar-refractivity contribution is -0.120. The fourth-order valence-corrected chi connectivity index (χ4v) is 4.82. The average Bonchev–Trinajstić information content (AvgIpc) is 3.23. The minimum Gasteiger partial charge on any atom is -0.356 e. The first kappa shape index (κ1) is 22.1. The van der Waals surface area contributed by atoms with Crippen LogP contribution in [0.25, 0.3) is 16.9 Å². The van der Waals surface area contributed by atoms with E-state index in [2.05, 4.69) is 54.4 Å². The van der Waals surface area contributed by atoms with E-state index in [9.17, 15) is 4.79 Å². The summed E-state index contributed by atoms with van der Waals surface area (Å²) in [7, 11) is 0. The van der Waals surface area contributed by atoms with E-state index in [0.717, 1.165) is 60.0 Å². The highest BCUT2D eigenvalue weighted by atomic mass is 16.1. The number of hydrogen-bond donors (Lipinski definition) is 1. The van der Waals surface area contributed by atoms with Gasteiger partial charge < -0.3 is 10.2 Å². The van der Waals surface area contributed by atoms with Crippen molar-refractivity contribution in [1.29, 1.82) is 0 Å². The Labute approximate surface area is 200 Å². The van der Waals surface area contributed by atoms with E-state index in [1.807, 2.05) is 42.6 Å². The molecule has 1 fully saturated rings. The van der Waals surface area contributed by atoms with E-state index in [-0.39, 0.29) is 11.8 Å². The van der Waals surface area contributed by atoms with Crippen molar-refractivity contribution < 1.29 is 4.79 Å². The van der Waals surface area contributed by atoms with Crippen LogP contribution in [-0.4, -0.2) is 33.6 Å². The summed E-state index contributed by atoms with van der Waals surface area (Å²) < 4.78 is 1.95. The van der Waals surface area contributed by atoms with Gasteiger partial charge in [-0.1, -0.05) is 34.9 Å². The number of hydrogen-bond acceptors (Lipinski definition) is 4. The molecule has 2 aromatic heterocycles. The third-order valence-corrected chi connectivity index (χ3v) is 6.56. The Kier molecular flexibility index (Phi) is 5.82. The predicted molar refractivity (Wildman–Crippen MR) is 137 cm³/mol. The molecule has 6 nitrogen and oxygen atoms in total. The summed E-state index contributed by atoms with van der Waals surface area (Å²) in [6.07, 6.45) is 1.62. The van der Waals surface area contributed by atoms with Gasteiger partial charge in [0.05, 0.1) is 5.69 Å². The number of carbonyl (C=O) groups is 1. The summed E-state index contributed by atoms with van der Waals surface area (Å²) >= 11 is 0. The van der Waals surface area contributed by atoms with Gasteiger partial charge in [0.1, 0.15) is 5.82 Å². The molecule has 1 amide bonds. The lowest BCUT2D eigenvalue weighted by Crippen LogP contribution is -2.39. The van der Waals surface area contributed by atoms with Crippen LogP contribution in [-0.2, 0) is 4.79 Å². The van der Waals surface area contributed by atoms with Crippen LogP contribution in [0.4, 0.5) is 11.5 Å². The number of carbonyl (C=O) groups excluding carboxylic acids is 1. The molecular weight excluding hydrogens is 422 g/mol. The van der Waals surface area contributed by atoms with Gasteiger partial charge in [0.15, 0.2) is 5.65 Å². The van der Waals surface area contributed by atoms with Crippen LogP contribution in [0.2, 0.25) is 0 Å². The number of anilines is 2. The van der Waals surface area contributed by atoms with Crippen LogP contribution in [0.3, 0.4) is 0 Å². The second-order valence-corrected chi connectivity index (χ2v) is 9.55. The van der Waals surface area contributed by atoms with E-state index in [1.165, 1.54) is 16.7 Å². The Balaban J connectivity index is 1.35. The van der Waals surface area contributed by atoms with Crippen LogP contribution in [0.15, 0.2) is 54.6 Å². The second kappa shape index (κ2) is 8.93. The normalized spacial score (nSPS) is 14.5. The minimum absolute atomic E-state index is 0.0134. The summed E-state index contributed by atoms with van der Waals surface area (Å²) in [5.41, 5.74) is 8.35. The van der Waals surface area contributed by atoms with Crippen LogP contribution < -0.4 is 10.2 Å². The molecule has 5 rings (SSSR count). The standard InChI is InChI=1S/C28H31N5O/c1-18-5-7-24(8-6-18)30-28(34)22-9-11-32(12-10-22)27-16-21(4)29-26-17-25(31-33(26)27)23-14-19(2)13-20(3)15-23/h5-8,13-17,22H,9-12H2,1-4H3,(H,30,34). The van der Waals surface area contributed by atoms with Gasteiger partial charge in [-0.05, 0) is 64.8 Å². The zero-order valence-electron chi connectivity index (χ0n) is 20.3. The Bertz CT molecular complexity index is 1330. The maximum absolute atomic E-state index is 12.8. The van der Waals surface area contributed by atoms with E-state index in [4.69, 9.17) is 10.1 Å². The number of benzene rings is 2. The van der Waals surface area contributed by atoms with Crippen molar-refractivity contribution in [3.8, 4) is 11.3 Å². The quantitative estimate of drug-likeness (QED) is 0.444. The smallest absolute Gasteiger partial charge is 0.227 e. The van der Waals surface area contributed by atoms with Crippen molar-refractivity contribution in [3.05, 3.63) is 77.0 Å². The number of aromatic nitrogens is 3. The number of nitrogens with one attached hydrogen (secondary N) is 1. The minimum atomic E-state index is 0.0134. The Morgan fingerprint density at radius 3 is 2.24 bits per heavy atom. The van der Waals surface area contributed by atoms with Crippen molar-refractivity contribution in [3.63, 3.8) is 0 Å². The third-order valence-electron chi connectivity index (χ3n) is 6.56. The molecule has 0 aliphatic carbocycles. The van der Waals surface area contributed by atoms with Gasteiger partial charge >= 0.3 is 0 Å². The van der Waals surface area contributed by atoms with Crippen molar-refractivity contribution in [1.82, 2.24) is 14.6 Å². The van der Waals surface area contributed by atoms with Gasteiger partial charge in [0.25, 0.3) is 0 Å².